The molecule has 1 saturated heterocycles. The summed E-state index contributed by atoms with van der Waals surface area (Å²) in [4.78, 5) is 15.6. The normalized spacial score (nSPS) is 17.2. The fraction of sp³-hybridized carbons (Fsp3) is 0.533. The van der Waals surface area contributed by atoms with E-state index in [0.717, 1.165) is 12.1 Å². The Morgan fingerprint density at radius 2 is 1.81 bits per heavy atom. The minimum atomic E-state index is -0.512. The number of carbonyl (C=O) groups excluding carboxylic acids is 1. The molecule has 2 N–H and O–H groups in total. The van der Waals surface area contributed by atoms with Gasteiger partial charge in [-0.2, -0.15) is 0 Å². The molecule has 2 rings (SSSR count). The van der Waals surface area contributed by atoms with E-state index in [-0.39, 0.29) is 17.5 Å². The predicted octanol–water partition coefficient (Wildman–Crippen LogP) is 1.60. The number of benzene rings is 1. The average molecular weight is 297 g/mol. The Balaban J connectivity index is 2.00. The number of amides is 1. The van der Waals surface area contributed by atoms with Crippen LogP contribution in [0.3, 0.4) is 0 Å². The van der Waals surface area contributed by atoms with Crippen LogP contribution >= 0.6 is 0 Å². The highest BCUT2D eigenvalue weighted by atomic mass is 19.1. The summed E-state index contributed by atoms with van der Waals surface area (Å²) in [5, 5.41) is 0. The van der Waals surface area contributed by atoms with Gasteiger partial charge in [-0.15, -0.1) is 0 Å². The first-order valence-electron chi connectivity index (χ1n) is 7.14. The maximum Gasteiger partial charge on any atom is 0.239 e. The average Bonchev–Trinajstić information content (AvgIpc) is 2.48. The van der Waals surface area contributed by atoms with Gasteiger partial charge in [0.25, 0.3) is 0 Å². The lowest BCUT2D eigenvalue weighted by atomic mass is 10.0. The maximum atomic E-state index is 13.7. The number of rotatable bonds is 3. The van der Waals surface area contributed by atoms with Gasteiger partial charge in [0.2, 0.25) is 5.91 Å². The molecule has 1 aliphatic rings. The van der Waals surface area contributed by atoms with Crippen molar-refractivity contribution in [2.75, 3.05) is 31.1 Å². The van der Waals surface area contributed by atoms with Crippen molar-refractivity contribution >= 4 is 11.6 Å². The number of hydrogen-bond acceptors (Lipinski definition) is 3. The lowest BCUT2D eigenvalue weighted by molar-refractivity contribution is -0.133. The van der Waals surface area contributed by atoms with Crippen molar-refractivity contribution in [2.24, 2.45) is 11.7 Å². The van der Waals surface area contributed by atoms with E-state index in [0.29, 0.717) is 26.2 Å². The Kier molecular flexibility index (Phi) is 4.77. The Hall–Kier alpha value is -1.69. The molecule has 4 nitrogen and oxygen atoms in total. The Labute approximate surface area is 123 Å². The zero-order valence-electron chi connectivity index (χ0n) is 12.4. The molecule has 1 heterocycles. The molecule has 1 aliphatic heterocycles. The van der Waals surface area contributed by atoms with Crippen LogP contribution in [0.25, 0.3) is 0 Å². The summed E-state index contributed by atoms with van der Waals surface area (Å²) < 4.78 is 27.0. The van der Waals surface area contributed by atoms with Crippen LogP contribution in [0.15, 0.2) is 18.2 Å². The van der Waals surface area contributed by atoms with E-state index in [9.17, 15) is 13.6 Å². The van der Waals surface area contributed by atoms with Gasteiger partial charge in [0, 0.05) is 32.2 Å². The van der Waals surface area contributed by atoms with E-state index in [1.54, 1.807) is 9.80 Å². The molecule has 21 heavy (non-hydrogen) atoms. The van der Waals surface area contributed by atoms with Crippen molar-refractivity contribution in [1.82, 2.24) is 4.90 Å². The van der Waals surface area contributed by atoms with Crippen molar-refractivity contribution in [3.05, 3.63) is 29.8 Å². The molecule has 0 unspecified atom stereocenters. The van der Waals surface area contributed by atoms with E-state index in [1.165, 1.54) is 6.07 Å². The summed E-state index contributed by atoms with van der Waals surface area (Å²) in [6, 6.07) is 2.89. The highest BCUT2D eigenvalue weighted by Gasteiger charge is 2.27. The van der Waals surface area contributed by atoms with Crippen molar-refractivity contribution in [2.45, 2.75) is 19.9 Å². The second-order valence-corrected chi connectivity index (χ2v) is 5.68. The number of piperazine rings is 1. The number of carbonyl (C=O) groups is 1. The van der Waals surface area contributed by atoms with Crippen molar-refractivity contribution in [3.63, 3.8) is 0 Å². The van der Waals surface area contributed by atoms with Crippen LogP contribution in [-0.4, -0.2) is 43.0 Å². The van der Waals surface area contributed by atoms with Gasteiger partial charge in [-0.05, 0) is 18.1 Å². The second kappa shape index (κ2) is 6.39. The van der Waals surface area contributed by atoms with Crippen LogP contribution in [0.4, 0.5) is 14.5 Å². The topological polar surface area (TPSA) is 49.6 Å². The highest BCUT2D eigenvalue weighted by molar-refractivity contribution is 5.82. The third-order valence-corrected chi connectivity index (χ3v) is 3.84. The number of nitrogens with two attached hydrogens (primary N) is 1. The number of anilines is 1. The van der Waals surface area contributed by atoms with Gasteiger partial charge in [-0.3, -0.25) is 4.79 Å². The lowest BCUT2D eigenvalue weighted by Crippen LogP contribution is -2.54. The summed E-state index contributed by atoms with van der Waals surface area (Å²) in [7, 11) is 0. The molecular formula is C15H21F2N3O. The van der Waals surface area contributed by atoms with Gasteiger partial charge in [0.1, 0.15) is 11.6 Å². The molecule has 0 saturated carbocycles. The van der Waals surface area contributed by atoms with Gasteiger partial charge in [0.05, 0.1) is 11.7 Å². The van der Waals surface area contributed by atoms with Crippen LogP contribution in [0.5, 0.6) is 0 Å². The molecule has 6 heteroatoms. The molecule has 1 atom stereocenters. The number of nitrogens with zero attached hydrogens (tertiary/aromatic N) is 2. The molecule has 116 valence electrons. The maximum absolute atomic E-state index is 13.7. The minimum Gasteiger partial charge on any atom is -0.366 e. The Bertz CT molecular complexity index is 514. The fourth-order valence-corrected chi connectivity index (χ4v) is 2.39. The zero-order valence-corrected chi connectivity index (χ0v) is 12.4. The monoisotopic (exact) mass is 297 g/mol. The van der Waals surface area contributed by atoms with E-state index < -0.39 is 17.7 Å². The fourth-order valence-electron chi connectivity index (χ4n) is 2.39. The van der Waals surface area contributed by atoms with Crippen LogP contribution in [0, 0.1) is 17.6 Å². The molecule has 0 aromatic heterocycles. The molecule has 0 radical (unpaired) electrons. The van der Waals surface area contributed by atoms with Crippen LogP contribution < -0.4 is 10.6 Å². The van der Waals surface area contributed by atoms with E-state index >= 15 is 0 Å². The van der Waals surface area contributed by atoms with Gasteiger partial charge in [0.15, 0.2) is 0 Å². The molecule has 1 fully saturated rings. The van der Waals surface area contributed by atoms with Crippen molar-refractivity contribution < 1.29 is 13.6 Å². The van der Waals surface area contributed by atoms with E-state index in [4.69, 9.17) is 5.73 Å². The number of halogens is 2. The van der Waals surface area contributed by atoms with Crippen molar-refractivity contribution in [1.29, 1.82) is 0 Å². The van der Waals surface area contributed by atoms with Gasteiger partial charge in [-0.1, -0.05) is 13.8 Å². The van der Waals surface area contributed by atoms with Crippen molar-refractivity contribution in [3.8, 4) is 0 Å². The summed E-state index contributed by atoms with van der Waals surface area (Å²) in [5.74, 6) is -0.914. The standard InChI is InChI=1S/C15H21F2N3O/c1-10(2)14(18)15(21)20-7-5-19(6-8-20)13-9-11(16)3-4-12(13)17/h3-4,9-10,14H,5-8,18H2,1-2H3/t14-/m0/s1. The Morgan fingerprint density at radius 1 is 1.19 bits per heavy atom. The molecular weight excluding hydrogens is 276 g/mol. The first kappa shape index (κ1) is 15.7. The van der Waals surface area contributed by atoms with Gasteiger partial charge in [-0.25, -0.2) is 8.78 Å². The highest BCUT2D eigenvalue weighted by Crippen LogP contribution is 2.22. The second-order valence-electron chi connectivity index (χ2n) is 5.68. The van der Waals surface area contributed by atoms with Crippen LogP contribution in [-0.2, 0) is 4.79 Å². The Morgan fingerprint density at radius 3 is 2.38 bits per heavy atom. The molecule has 1 amide bonds. The quantitative estimate of drug-likeness (QED) is 0.922. The molecule has 0 spiro atoms. The first-order chi connectivity index (χ1) is 9.90. The molecule has 1 aromatic carbocycles. The van der Waals surface area contributed by atoms with E-state index in [2.05, 4.69) is 0 Å². The predicted molar refractivity (Wildman–Crippen MR) is 78.0 cm³/mol. The van der Waals surface area contributed by atoms with Gasteiger partial charge >= 0.3 is 0 Å². The summed E-state index contributed by atoms with van der Waals surface area (Å²) in [6.07, 6.45) is 0. The SMILES string of the molecule is CC(C)[C@H](N)C(=O)N1CCN(c2cc(F)ccc2F)CC1. The summed E-state index contributed by atoms with van der Waals surface area (Å²) >= 11 is 0. The van der Waals surface area contributed by atoms with Crippen LogP contribution in [0.1, 0.15) is 13.8 Å². The minimum absolute atomic E-state index is 0.0793. The zero-order chi connectivity index (χ0) is 15.6. The third kappa shape index (κ3) is 3.50. The molecule has 0 bridgehead atoms. The van der Waals surface area contributed by atoms with E-state index in [1.807, 2.05) is 13.8 Å². The third-order valence-electron chi connectivity index (χ3n) is 3.84. The number of hydrogen-bond donors (Lipinski definition) is 1. The largest absolute Gasteiger partial charge is 0.366 e. The first-order valence-corrected chi connectivity index (χ1v) is 7.14. The molecule has 1 aromatic rings. The smallest absolute Gasteiger partial charge is 0.239 e. The summed E-state index contributed by atoms with van der Waals surface area (Å²) in [5.41, 5.74) is 6.11. The molecule has 0 aliphatic carbocycles. The summed E-state index contributed by atoms with van der Waals surface area (Å²) in [6.45, 7) is 5.68. The van der Waals surface area contributed by atoms with Gasteiger partial charge < -0.3 is 15.5 Å². The lowest BCUT2D eigenvalue weighted by Gasteiger charge is -2.37. The van der Waals surface area contributed by atoms with Crippen LogP contribution in [0.2, 0.25) is 0 Å².